The third-order valence-electron chi connectivity index (χ3n) is 5.94. The fraction of sp³-hybridized carbons (Fsp3) is 0.619. The third kappa shape index (κ3) is 3.44. The molecule has 3 heterocycles. The zero-order valence-electron chi connectivity index (χ0n) is 15.9. The van der Waals surface area contributed by atoms with E-state index in [1.54, 1.807) is 0 Å². The Morgan fingerprint density at radius 2 is 2.08 bits per heavy atom. The smallest absolute Gasteiger partial charge is 0.298 e. The van der Waals surface area contributed by atoms with Crippen LogP contribution in [0.25, 0.3) is 11.1 Å². The Kier molecular flexibility index (Phi) is 4.63. The molecule has 2 aromatic rings. The molecule has 1 spiro atoms. The van der Waals surface area contributed by atoms with Crippen LogP contribution in [0.1, 0.15) is 46.0 Å². The van der Waals surface area contributed by atoms with Crippen LogP contribution in [0.3, 0.4) is 0 Å². The summed E-state index contributed by atoms with van der Waals surface area (Å²) in [5.74, 6) is 0.957. The molecule has 140 valence electrons. The molecule has 1 atom stereocenters. The van der Waals surface area contributed by atoms with Crippen LogP contribution in [-0.2, 0) is 4.79 Å². The molecule has 1 aromatic carbocycles. The molecule has 5 heteroatoms. The molecule has 0 N–H and O–H groups in total. The molecule has 26 heavy (non-hydrogen) atoms. The Morgan fingerprint density at radius 1 is 1.23 bits per heavy atom. The van der Waals surface area contributed by atoms with Gasteiger partial charge in [-0.15, -0.1) is 0 Å². The number of nitrogens with zero attached hydrogens (tertiary/aromatic N) is 3. The summed E-state index contributed by atoms with van der Waals surface area (Å²) in [5, 5.41) is 0. The van der Waals surface area contributed by atoms with Gasteiger partial charge in [-0.05, 0) is 43.7 Å². The average Bonchev–Trinajstić information content (AvgIpc) is 3.07. The van der Waals surface area contributed by atoms with Gasteiger partial charge in [0.15, 0.2) is 5.58 Å². The maximum atomic E-state index is 12.4. The first-order valence-corrected chi connectivity index (χ1v) is 9.93. The molecule has 2 aliphatic rings. The summed E-state index contributed by atoms with van der Waals surface area (Å²) in [4.78, 5) is 21.5. The minimum atomic E-state index is 0.184. The third-order valence-corrected chi connectivity index (χ3v) is 5.94. The number of anilines is 1. The Hall–Kier alpha value is -2.04. The maximum Gasteiger partial charge on any atom is 0.298 e. The first-order chi connectivity index (χ1) is 12.5. The summed E-state index contributed by atoms with van der Waals surface area (Å²) in [6, 6.07) is 8.67. The van der Waals surface area contributed by atoms with Crippen LogP contribution in [0.2, 0.25) is 0 Å². The number of rotatable bonds is 4. The Labute approximate surface area is 155 Å². The number of hydrogen-bond acceptors (Lipinski definition) is 4. The van der Waals surface area contributed by atoms with E-state index in [0.29, 0.717) is 18.2 Å². The van der Waals surface area contributed by atoms with Crippen molar-refractivity contribution >= 4 is 23.0 Å². The number of carbonyl (C=O) groups excluding carboxylic acids is 1. The van der Waals surface area contributed by atoms with E-state index in [9.17, 15) is 4.79 Å². The minimum absolute atomic E-state index is 0.184. The summed E-state index contributed by atoms with van der Waals surface area (Å²) in [6.45, 7) is 8.13. The van der Waals surface area contributed by atoms with Crippen molar-refractivity contribution in [2.24, 2.45) is 11.3 Å². The summed E-state index contributed by atoms with van der Waals surface area (Å²) < 4.78 is 6.00. The number of fused-ring (bicyclic) bond motifs is 1. The van der Waals surface area contributed by atoms with Gasteiger partial charge in [-0.25, -0.2) is 0 Å². The van der Waals surface area contributed by atoms with Crippen molar-refractivity contribution in [3.05, 3.63) is 24.3 Å². The van der Waals surface area contributed by atoms with E-state index < -0.39 is 0 Å². The first kappa shape index (κ1) is 17.4. The number of oxazole rings is 1. The molecule has 1 amide bonds. The van der Waals surface area contributed by atoms with Crippen molar-refractivity contribution < 1.29 is 9.21 Å². The lowest BCUT2D eigenvalue weighted by Crippen LogP contribution is -2.54. The van der Waals surface area contributed by atoms with Crippen molar-refractivity contribution in [1.82, 2.24) is 9.88 Å². The van der Waals surface area contributed by atoms with Crippen LogP contribution in [0.4, 0.5) is 6.01 Å². The minimum Gasteiger partial charge on any atom is -0.423 e. The molecule has 2 fully saturated rings. The number of carbonyl (C=O) groups is 1. The average molecular weight is 355 g/mol. The number of para-hydroxylation sites is 2. The highest BCUT2D eigenvalue weighted by atomic mass is 16.4. The molecule has 2 saturated heterocycles. The van der Waals surface area contributed by atoms with Crippen molar-refractivity contribution in [3.63, 3.8) is 0 Å². The molecule has 2 aliphatic heterocycles. The molecule has 0 aliphatic carbocycles. The van der Waals surface area contributed by atoms with Gasteiger partial charge in [-0.1, -0.05) is 26.0 Å². The topological polar surface area (TPSA) is 49.6 Å². The fourth-order valence-corrected chi connectivity index (χ4v) is 4.42. The maximum absolute atomic E-state index is 12.4. The van der Waals surface area contributed by atoms with E-state index in [-0.39, 0.29) is 5.41 Å². The van der Waals surface area contributed by atoms with Gasteiger partial charge in [0.1, 0.15) is 5.52 Å². The van der Waals surface area contributed by atoms with Gasteiger partial charge < -0.3 is 14.2 Å². The second-order valence-corrected chi connectivity index (χ2v) is 8.49. The summed E-state index contributed by atoms with van der Waals surface area (Å²) in [5.41, 5.74) is 1.95. The Bertz CT molecular complexity index is 751. The van der Waals surface area contributed by atoms with E-state index in [2.05, 4.69) is 28.6 Å². The van der Waals surface area contributed by atoms with E-state index in [0.717, 1.165) is 62.6 Å². The van der Waals surface area contributed by atoms with Crippen molar-refractivity contribution in [3.8, 4) is 0 Å². The quantitative estimate of drug-likeness (QED) is 0.829. The number of hydrogen-bond donors (Lipinski definition) is 0. The Morgan fingerprint density at radius 3 is 2.88 bits per heavy atom. The summed E-state index contributed by atoms with van der Waals surface area (Å²) in [6.07, 6.45) is 5.07. The van der Waals surface area contributed by atoms with Gasteiger partial charge in [-0.3, -0.25) is 4.79 Å². The second-order valence-electron chi connectivity index (χ2n) is 8.49. The lowest BCUT2D eigenvalue weighted by molar-refractivity contribution is -0.138. The Balaban J connectivity index is 1.50. The molecule has 0 radical (unpaired) electrons. The highest BCUT2D eigenvalue weighted by molar-refractivity contribution is 5.77. The van der Waals surface area contributed by atoms with Gasteiger partial charge in [-0.2, -0.15) is 4.98 Å². The van der Waals surface area contributed by atoms with E-state index in [1.807, 2.05) is 24.3 Å². The van der Waals surface area contributed by atoms with Gasteiger partial charge in [0.2, 0.25) is 5.91 Å². The van der Waals surface area contributed by atoms with Crippen LogP contribution < -0.4 is 4.90 Å². The van der Waals surface area contributed by atoms with Crippen LogP contribution in [0, 0.1) is 11.3 Å². The molecular weight excluding hydrogens is 326 g/mol. The lowest BCUT2D eigenvalue weighted by atomic mass is 9.73. The fourth-order valence-electron chi connectivity index (χ4n) is 4.42. The summed E-state index contributed by atoms with van der Waals surface area (Å²) >= 11 is 0. The van der Waals surface area contributed by atoms with Gasteiger partial charge in [0, 0.05) is 38.0 Å². The van der Waals surface area contributed by atoms with Gasteiger partial charge in [0.25, 0.3) is 6.01 Å². The van der Waals surface area contributed by atoms with Crippen molar-refractivity contribution in [1.29, 1.82) is 0 Å². The molecule has 0 saturated carbocycles. The van der Waals surface area contributed by atoms with Crippen LogP contribution in [0.5, 0.6) is 0 Å². The van der Waals surface area contributed by atoms with Gasteiger partial charge in [0.05, 0.1) is 0 Å². The predicted molar refractivity (Wildman–Crippen MR) is 103 cm³/mol. The lowest BCUT2D eigenvalue weighted by Gasteiger charge is -2.48. The van der Waals surface area contributed by atoms with Gasteiger partial charge >= 0.3 is 0 Å². The number of aromatic nitrogens is 1. The normalized spacial score (nSPS) is 24.2. The first-order valence-electron chi connectivity index (χ1n) is 9.93. The van der Waals surface area contributed by atoms with Crippen molar-refractivity contribution in [2.45, 2.75) is 46.0 Å². The SMILES string of the molecule is CC(C)CCN1C[C@]2(CCCN(c3nc4ccccc4o3)C2)CCC1=O. The van der Waals surface area contributed by atoms with E-state index in [1.165, 1.54) is 6.42 Å². The number of benzene rings is 1. The molecule has 4 rings (SSSR count). The molecule has 5 nitrogen and oxygen atoms in total. The predicted octanol–water partition coefficient (Wildman–Crippen LogP) is 4.08. The van der Waals surface area contributed by atoms with E-state index >= 15 is 0 Å². The van der Waals surface area contributed by atoms with Crippen LogP contribution >= 0.6 is 0 Å². The number of amides is 1. The number of likely N-dealkylation sites (tertiary alicyclic amines) is 1. The zero-order chi connectivity index (χ0) is 18.1. The van der Waals surface area contributed by atoms with E-state index in [4.69, 9.17) is 4.42 Å². The number of piperidine rings is 2. The standard InChI is InChI=1S/C21H29N3O2/c1-16(2)9-13-23-14-21(11-8-19(23)25)10-5-12-24(15-21)20-22-17-6-3-4-7-18(17)26-20/h3-4,6-7,16H,5,8-15H2,1-2H3/t21-/m0/s1. The monoisotopic (exact) mass is 355 g/mol. The van der Waals surface area contributed by atoms with Crippen LogP contribution in [-0.4, -0.2) is 42.0 Å². The highest BCUT2D eigenvalue weighted by Crippen LogP contribution is 2.40. The van der Waals surface area contributed by atoms with Crippen LogP contribution in [0.15, 0.2) is 28.7 Å². The zero-order valence-corrected chi connectivity index (χ0v) is 15.9. The molecular formula is C21H29N3O2. The van der Waals surface area contributed by atoms with Crippen molar-refractivity contribution in [2.75, 3.05) is 31.1 Å². The molecule has 0 unspecified atom stereocenters. The summed E-state index contributed by atoms with van der Waals surface area (Å²) in [7, 11) is 0. The second kappa shape index (κ2) is 6.93. The molecule has 1 aromatic heterocycles. The highest BCUT2D eigenvalue weighted by Gasteiger charge is 2.42. The molecule has 0 bridgehead atoms. The largest absolute Gasteiger partial charge is 0.423 e.